The number of benzene rings is 2. The lowest BCUT2D eigenvalue weighted by atomic mass is 10.1. The van der Waals surface area contributed by atoms with E-state index in [0.29, 0.717) is 17.6 Å². The van der Waals surface area contributed by atoms with Gasteiger partial charge in [-0.15, -0.1) is 0 Å². The van der Waals surface area contributed by atoms with Crippen LogP contribution in [0.2, 0.25) is 0 Å². The van der Waals surface area contributed by atoms with Gasteiger partial charge in [-0.1, -0.05) is 42.5 Å². The largest absolute Gasteiger partial charge is 0.383 e. The first-order valence-electron chi connectivity index (χ1n) is 16.0. The zero-order valence-corrected chi connectivity index (χ0v) is 26.1. The molecule has 4 aromatic heterocycles. The van der Waals surface area contributed by atoms with Gasteiger partial charge in [-0.3, -0.25) is 9.47 Å². The first-order chi connectivity index (χ1) is 23.2. The molecule has 0 atom stereocenters. The molecular weight excluding hydrogens is 586 g/mol. The van der Waals surface area contributed by atoms with Crippen molar-refractivity contribution in [1.82, 2.24) is 39.4 Å². The van der Waals surface area contributed by atoms with E-state index in [1.807, 2.05) is 48.5 Å². The van der Waals surface area contributed by atoms with Crippen molar-refractivity contribution in [2.75, 3.05) is 36.8 Å². The third-order valence-electron chi connectivity index (χ3n) is 8.50. The number of hydrogen-bond acceptors (Lipinski definition) is 10. The van der Waals surface area contributed by atoms with E-state index >= 15 is 0 Å². The molecule has 0 amide bonds. The van der Waals surface area contributed by atoms with E-state index in [0.717, 1.165) is 92.1 Å². The number of nitriles is 1. The molecule has 0 unspecified atom stereocenters. The standard InChI is InChI=1S/C36H35N11/c37-23-32-40-25-41-36(44-32)46-21-6-4-19-45(20-5-7-22-46)24-26-12-14-28(15-13-26)47-34(29-11-8-18-39-33(29)38)43-31-17-16-30(42-35(31)47)27-9-2-1-3-10-27/h1-3,8-18,25H,4-7,19-22,24H2,(H2,38,39). The molecule has 234 valence electrons. The van der Waals surface area contributed by atoms with E-state index < -0.39 is 0 Å². The summed E-state index contributed by atoms with van der Waals surface area (Å²) in [6.07, 6.45) is 7.30. The van der Waals surface area contributed by atoms with Gasteiger partial charge < -0.3 is 10.6 Å². The minimum Gasteiger partial charge on any atom is -0.383 e. The van der Waals surface area contributed by atoms with E-state index in [9.17, 15) is 5.26 Å². The van der Waals surface area contributed by atoms with Gasteiger partial charge in [0.25, 0.3) is 0 Å². The van der Waals surface area contributed by atoms with Crippen LogP contribution in [0.3, 0.4) is 0 Å². The molecule has 0 radical (unpaired) electrons. The lowest BCUT2D eigenvalue weighted by Crippen LogP contribution is -2.32. The van der Waals surface area contributed by atoms with Gasteiger partial charge in [0.05, 0.1) is 11.3 Å². The van der Waals surface area contributed by atoms with E-state index in [1.54, 1.807) is 6.20 Å². The number of imidazole rings is 1. The maximum Gasteiger partial charge on any atom is 0.236 e. The molecule has 0 spiro atoms. The van der Waals surface area contributed by atoms with Crippen molar-refractivity contribution in [3.05, 3.63) is 103 Å². The third kappa shape index (κ3) is 6.64. The third-order valence-corrected chi connectivity index (χ3v) is 8.50. The highest BCUT2D eigenvalue weighted by molar-refractivity contribution is 5.84. The molecule has 6 aromatic rings. The Kier molecular flexibility index (Phi) is 8.75. The molecule has 11 nitrogen and oxygen atoms in total. The fourth-order valence-corrected chi connectivity index (χ4v) is 6.12. The Morgan fingerprint density at radius 3 is 2.26 bits per heavy atom. The summed E-state index contributed by atoms with van der Waals surface area (Å²) in [6.45, 7) is 4.63. The molecular formula is C36H35N11. The maximum absolute atomic E-state index is 9.18. The SMILES string of the molecule is N#Cc1ncnc(N2CCCCN(Cc3ccc(-n4c(-c5cccnc5N)nc5ccc(-c6ccccc6)nc54)cc3)CCCC2)n1. The maximum atomic E-state index is 9.18. The molecule has 7 rings (SSSR count). The highest BCUT2D eigenvalue weighted by atomic mass is 15.3. The number of fused-ring (bicyclic) bond motifs is 1. The van der Waals surface area contributed by atoms with Crippen LogP contribution in [0, 0.1) is 11.3 Å². The highest BCUT2D eigenvalue weighted by Crippen LogP contribution is 2.32. The van der Waals surface area contributed by atoms with Gasteiger partial charge in [-0.25, -0.2) is 24.9 Å². The molecule has 5 heterocycles. The van der Waals surface area contributed by atoms with Gasteiger partial charge in [0.1, 0.15) is 23.7 Å². The fourth-order valence-electron chi connectivity index (χ4n) is 6.12. The predicted molar refractivity (Wildman–Crippen MR) is 182 cm³/mol. The number of anilines is 2. The van der Waals surface area contributed by atoms with Crippen LogP contribution in [0.1, 0.15) is 37.1 Å². The molecule has 1 aliphatic rings. The van der Waals surface area contributed by atoms with Crippen molar-refractivity contribution < 1.29 is 0 Å². The van der Waals surface area contributed by atoms with E-state index in [1.165, 1.54) is 11.9 Å². The number of nitrogens with zero attached hydrogens (tertiary/aromatic N) is 10. The van der Waals surface area contributed by atoms with Crippen LogP contribution in [0.15, 0.2) is 91.4 Å². The van der Waals surface area contributed by atoms with Crippen LogP contribution in [0.5, 0.6) is 0 Å². The summed E-state index contributed by atoms with van der Waals surface area (Å²) in [7, 11) is 0. The Morgan fingerprint density at radius 1 is 0.745 bits per heavy atom. The van der Waals surface area contributed by atoms with Crippen LogP contribution < -0.4 is 10.6 Å². The molecule has 0 saturated carbocycles. The Labute approximate surface area is 273 Å². The molecule has 11 heteroatoms. The zero-order chi connectivity index (χ0) is 32.0. The topological polar surface area (TPSA) is 139 Å². The van der Waals surface area contributed by atoms with Crippen LogP contribution >= 0.6 is 0 Å². The number of aromatic nitrogens is 7. The first-order valence-corrected chi connectivity index (χ1v) is 16.0. The van der Waals surface area contributed by atoms with Crippen molar-refractivity contribution >= 4 is 22.9 Å². The minimum absolute atomic E-state index is 0.163. The quantitative estimate of drug-likeness (QED) is 0.247. The van der Waals surface area contributed by atoms with Gasteiger partial charge in [0.2, 0.25) is 11.8 Å². The summed E-state index contributed by atoms with van der Waals surface area (Å²) in [5, 5.41) is 9.18. The second-order valence-corrected chi connectivity index (χ2v) is 11.7. The summed E-state index contributed by atoms with van der Waals surface area (Å²) in [4.78, 5) is 31.7. The fraction of sp³-hybridized carbons (Fsp3) is 0.250. The molecule has 0 bridgehead atoms. The summed E-state index contributed by atoms with van der Waals surface area (Å²) >= 11 is 0. The Balaban J connectivity index is 1.11. The van der Waals surface area contributed by atoms with Crippen LogP contribution in [-0.2, 0) is 6.54 Å². The van der Waals surface area contributed by atoms with Crippen molar-refractivity contribution in [2.45, 2.75) is 32.2 Å². The van der Waals surface area contributed by atoms with Gasteiger partial charge in [-0.2, -0.15) is 10.2 Å². The van der Waals surface area contributed by atoms with Crippen LogP contribution in [0.25, 0.3) is 39.5 Å². The molecule has 1 saturated heterocycles. The van der Waals surface area contributed by atoms with Gasteiger partial charge in [0.15, 0.2) is 11.5 Å². The number of pyridine rings is 2. The molecule has 2 aromatic carbocycles. The molecule has 1 fully saturated rings. The summed E-state index contributed by atoms with van der Waals surface area (Å²) in [5.41, 5.74) is 12.8. The number of rotatable bonds is 6. The van der Waals surface area contributed by atoms with Crippen molar-refractivity contribution in [1.29, 1.82) is 5.26 Å². The summed E-state index contributed by atoms with van der Waals surface area (Å²) in [6, 6.07) is 28.7. The Bertz CT molecular complexity index is 2000. The normalized spacial score (nSPS) is 14.6. The second kappa shape index (κ2) is 13.7. The molecule has 1 aliphatic heterocycles. The van der Waals surface area contributed by atoms with Crippen LogP contribution in [-0.4, -0.2) is 65.5 Å². The van der Waals surface area contributed by atoms with Crippen molar-refractivity contribution in [2.24, 2.45) is 0 Å². The van der Waals surface area contributed by atoms with E-state index in [2.05, 4.69) is 70.7 Å². The molecule has 2 N–H and O–H groups in total. The minimum atomic E-state index is 0.163. The van der Waals surface area contributed by atoms with E-state index in [4.69, 9.17) is 15.7 Å². The zero-order valence-electron chi connectivity index (χ0n) is 26.1. The average Bonchev–Trinajstić information content (AvgIpc) is 3.50. The Morgan fingerprint density at radius 2 is 1.51 bits per heavy atom. The van der Waals surface area contributed by atoms with Crippen molar-refractivity contribution in [3.63, 3.8) is 0 Å². The summed E-state index contributed by atoms with van der Waals surface area (Å²) in [5.74, 6) is 1.90. The number of nitrogen functional groups attached to an aromatic ring is 1. The average molecular weight is 622 g/mol. The lowest BCUT2D eigenvalue weighted by molar-refractivity contribution is 0.251. The molecule has 47 heavy (non-hydrogen) atoms. The van der Waals surface area contributed by atoms with Gasteiger partial charge in [-0.05, 0) is 80.7 Å². The smallest absolute Gasteiger partial charge is 0.236 e. The lowest BCUT2D eigenvalue weighted by Gasteiger charge is -2.27. The first kappa shape index (κ1) is 30.0. The van der Waals surface area contributed by atoms with Crippen LogP contribution in [0.4, 0.5) is 11.8 Å². The number of nitrogens with two attached hydrogens (primary N) is 1. The monoisotopic (exact) mass is 621 g/mol. The van der Waals surface area contributed by atoms with Gasteiger partial charge in [0, 0.05) is 37.1 Å². The second-order valence-electron chi connectivity index (χ2n) is 11.7. The van der Waals surface area contributed by atoms with Crippen molar-refractivity contribution in [3.8, 4) is 34.4 Å². The predicted octanol–water partition coefficient (Wildman–Crippen LogP) is 5.67. The Hall–Kier alpha value is -5.73. The number of hydrogen-bond donors (Lipinski definition) is 1. The van der Waals surface area contributed by atoms with E-state index in [-0.39, 0.29) is 5.82 Å². The highest BCUT2D eigenvalue weighted by Gasteiger charge is 2.19. The van der Waals surface area contributed by atoms with Gasteiger partial charge >= 0.3 is 0 Å². The molecule has 0 aliphatic carbocycles. The summed E-state index contributed by atoms with van der Waals surface area (Å²) < 4.78 is 2.08.